The van der Waals surface area contributed by atoms with Gasteiger partial charge in [0.15, 0.2) is 5.78 Å². The molecule has 23 heteroatoms. The molecule has 55 heavy (non-hydrogen) atoms. The molecule has 0 aliphatic carbocycles. The number of allylic oxidation sites excluding steroid dienone is 2. The minimum atomic E-state index is -4.41. The summed E-state index contributed by atoms with van der Waals surface area (Å²) < 4.78 is 46.4. The first-order valence-electron chi connectivity index (χ1n) is 15.4. The van der Waals surface area contributed by atoms with Crippen LogP contribution in [0.15, 0.2) is 60.0 Å². The molecular formula is C32H56BClN5NaO14S. The van der Waals surface area contributed by atoms with E-state index in [4.69, 9.17) is 31.1 Å². The molecule has 0 bridgehead atoms. The molecule has 0 unspecified atom stereocenters. The van der Waals surface area contributed by atoms with Gasteiger partial charge in [0.2, 0.25) is 28.1 Å². The van der Waals surface area contributed by atoms with Crippen LogP contribution < -0.4 is 39.6 Å². The number of hydrogen-bond acceptors (Lipinski definition) is 16. The molecule has 19 nitrogen and oxygen atoms in total. The van der Waals surface area contributed by atoms with Crippen molar-refractivity contribution < 1.29 is 94.9 Å². The zero-order valence-corrected chi connectivity index (χ0v) is 37.8. The number of ketones is 1. The van der Waals surface area contributed by atoms with Gasteiger partial charge in [-0.05, 0) is 51.5 Å². The summed E-state index contributed by atoms with van der Waals surface area (Å²) >= 11 is 5.61. The van der Waals surface area contributed by atoms with E-state index in [1.165, 1.54) is 46.1 Å². The Kier molecular flexibility index (Phi) is 48.3. The number of aromatic nitrogens is 2. The number of oxime groups is 1. The maximum atomic E-state index is 10.5. The molecule has 1 aliphatic rings. The van der Waals surface area contributed by atoms with E-state index in [1.807, 2.05) is 43.8 Å². The van der Waals surface area contributed by atoms with Crippen LogP contribution in [0, 0.1) is 0 Å². The second-order valence-electron chi connectivity index (χ2n) is 9.61. The van der Waals surface area contributed by atoms with Gasteiger partial charge in [-0.1, -0.05) is 23.7 Å². The third-order valence-corrected chi connectivity index (χ3v) is 5.90. The van der Waals surface area contributed by atoms with Gasteiger partial charge in [-0.15, -0.1) is 0 Å². The van der Waals surface area contributed by atoms with E-state index in [9.17, 15) is 32.1 Å². The second kappa shape index (κ2) is 41.8. The summed E-state index contributed by atoms with van der Waals surface area (Å²) in [6, 6.07) is 7.23. The normalized spacial score (nSPS) is 11.1. The van der Waals surface area contributed by atoms with Crippen LogP contribution in [0.1, 0.15) is 53.9 Å². The summed E-state index contributed by atoms with van der Waals surface area (Å²) in [6.07, 6.45) is 8.60. The molecule has 0 radical (unpaired) electrons. The zero-order chi connectivity index (χ0) is 43.3. The van der Waals surface area contributed by atoms with Crippen molar-refractivity contribution in [1.29, 1.82) is 0 Å². The van der Waals surface area contributed by atoms with Gasteiger partial charge in [-0.3, -0.25) is 28.3 Å². The minimum absolute atomic E-state index is 0. The molecular weight excluding hydrogens is 780 g/mol. The Balaban J connectivity index is -0.000000125. The molecule has 1 aromatic carbocycles. The molecule has 0 saturated carbocycles. The first-order chi connectivity index (χ1) is 25.0. The fourth-order valence-corrected chi connectivity index (χ4v) is 2.28. The van der Waals surface area contributed by atoms with E-state index in [1.54, 1.807) is 52.8 Å². The number of benzene rings is 1. The quantitative estimate of drug-likeness (QED) is 0.0466. The minimum Gasteiger partial charge on any atom is -0.726 e. The van der Waals surface area contributed by atoms with Crippen molar-refractivity contribution in [1.82, 2.24) is 19.8 Å². The van der Waals surface area contributed by atoms with Crippen LogP contribution in [0.3, 0.4) is 0 Å². The predicted molar refractivity (Wildman–Crippen MR) is 204 cm³/mol. The van der Waals surface area contributed by atoms with E-state index in [-0.39, 0.29) is 53.1 Å². The number of rotatable bonds is 7. The van der Waals surface area contributed by atoms with Crippen LogP contribution in [0.25, 0.3) is 0 Å². The molecule has 2 aromatic rings. The Morgan fingerprint density at radius 1 is 1.02 bits per heavy atom. The van der Waals surface area contributed by atoms with Crippen molar-refractivity contribution in [3.8, 4) is 5.75 Å². The second-order valence-corrected chi connectivity index (χ2v) is 11.2. The molecule has 310 valence electrons. The monoisotopic (exact) mass is 835 g/mol. The van der Waals surface area contributed by atoms with Gasteiger partial charge >= 0.3 is 36.9 Å². The Labute approximate surface area is 352 Å². The van der Waals surface area contributed by atoms with Gasteiger partial charge in [-0.2, -0.15) is 0 Å². The number of aryl methyl sites for hydroxylation is 1. The van der Waals surface area contributed by atoms with Crippen molar-refractivity contribution in [3.63, 3.8) is 0 Å². The molecule has 0 spiro atoms. The van der Waals surface area contributed by atoms with Gasteiger partial charge in [0.1, 0.15) is 12.9 Å². The van der Waals surface area contributed by atoms with Crippen LogP contribution in [-0.4, -0.2) is 124 Å². The zero-order valence-electron chi connectivity index (χ0n) is 34.2. The number of nitrogens with one attached hydrogen (secondary N) is 1. The maximum Gasteiger partial charge on any atom is 1.00 e. The number of carbonyl (C=O) groups is 4. The predicted octanol–water partition coefficient (Wildman–Crippen LogP) is -0.470. The van der Waals surface area contributed by atoms with Gasteiger partial charge in [0, 0.05) is 71.5 Å². The summed E-state index contributed by atoms with van der Waals surface area (Å²) in [4.78, 5) is 50.4. The van der Waals surface area contributed by atoms with Crippen molar-refractivity contribution in [2.24, 2.45) is 12.2 Å². The number of amides is 3. The SMILES string of the molecule is CC/C(C)=N\OC.CN1C(=O)CCC1=O.CNC(C)=O.CO/C(C)=C/C(C)=O.COB(O)O.COS(=O)(=O)[O-].COc1ccc(Cl)cc1.Cn1ccnc1.[Na+]. The van der Waals surface area contributed by atoms with Crippen LogP contribution in [-0.2, 0) is 55.0 Å². The Morgan fingerprint density at radius 2 is 1.45 bits per heavy atom. The number of hydrogen-bond donors (Lipinski definition) is 3. The van der Waals surface area contributed by atoms with E-state index in [0.717, 1.165) is 30.0 Å². The number of likely N-dealkylation sites (tertiary alicyclic amines) is 1. The number of ether oxygens (including phenoxy) is 2. The van der Waals surface area contributed by atoms with Crippen molar-refractivity contribution in [3.05, 3.63) is 59.8 Å². The number of carbonyl (C=O) groups excluding carboxylic acids is 4. The van der Waals surface area contributed by atoms with E-state index in [0.29, 0.717) is 18.6 Å². The number of halogens is 1. The Morgan fingerprint density at radius 3 is 1.60 bits per heavy atom. The van der Waals surface area contributed by atoms with E-state index >= 15 is 0 Å². The summed E-state index contributed by atoms with van der Waals surface area (Å²) in [7, 11) is 5.75. The molecule has 3 rings (SSSR count). The standard InChI is InChI=1S/C7H7ClO.C6H10O2.C5H7NO2.C5H11NO.C4H6N2.C3H7NO.CH5BO3.CH4O4S.Na/c1-9-7-4-2-6(8)3-5-7;1-5(7)4-6(2)8-3;1-6-4(7)2-3-5(6)8;1-4-5(2)6-7-3;1-6-3-2-5-4-6;1-3(5)4-2;1-5-2(3)4;1-5-6(2,3)4;/h2-5H,1H3;4H,1-3H3;2-3H2,1H3;4H2,1-3H3;2-4H,1H3;1-2H3,(H,4,5);3-4H,1H3;1H3,(H,2,3,4);/q;;;;;;;;+1/p-1/b;6-4+;;6-5-;;;;;. The van der Waals surface area contributed by atoms with Crippen LogP contribution in [0.4, 0.5) is 0 Å². The fourth-order valence-electron chi connectivity index (χ4n) is 2.15. The van der Waals surface area contributed by atoms with Crippen LogP contribution in [0.5, 0.6) is 5.75 Å². The molecule has 1 aliphatic heterocycles. The molecule has 2 heterocycles. The van der Waals surface area contributed by atoms with Gasteiger partial charge in [0.05, 0.1) is 39.1 Å². The Hall–Kier alpha value is -3.38. The van der Waals surface area contributed by atoms with Crippen molar-refractivity contribution in [2.45, 2.75) is 53.9 Å². The van der Waals surface area contributed by atoms with Gasteiger partial charge in [-0.25, -0.2) is 13.4 Å². The number of methoxy groups -OCH3 is 2. The molecule has 3 amide bonds. The van der Waals surface area contributed by atoms with Gasteiger partial charge < -0.3 is 43.5 Å². The van der Waals surface area contributed by atoms with Crippen LogP contribution in [0.2, 0.25) is 5.02 Å². The summed E-state index contributed by atoms with van der Waals surface area (Å²) in [5.41, 5.74) is 1.03. The maximum absolute atomic E-state index is 10.5. The third kappa shape index (κ3) is 55.1. The average molecular weight is 836 g/mol. The summed E-state index contributed by atoms with van der Waals surface area (Å²) in [5.74, 6) is 1.39. The van der Waals surface area contributed by atoms with Crippen molar-refractivity contribution >= 4 is 58.5 Å². The smallest absolute Gasteiger partial charge is 0.726 e. The molecule has 0 atom stereocenters. The first kappa shape index (κ1) is 63.6. The summed E-state index contributed by atoms with van der Waals surface area (Å²) in [6.45, 7) is 8.67. The number of imidazole rings is 1. The molecule has 1 aromatic heterocycles. The number of nitrogens with zero attached hydrogens (tertiary/aromatic N) is 4. The van der Waals surface area contributed by atoms with Crippen LogP contribution >= 0.6 is 11.6 Å². The Bertz CT molecular complexity index is 1420. The molecule has 1 fully saturated rings. The number of imide groups is 1. The van der Waals surface area contributed by atoms with E-state index in [2.05, 4.69) is 29.1 Å². The van der Waals surface area contributed by atoms with Crippen molar-refractivity contribution in [2.75, 3.05) is 49.6 Å². The third-order valence-electron chi connectivity index (χ3n) is 5.24. The van der Waals surface area contributed by atoms with E-state index < -0.39 is 17.7 Å². The first-order valence-corrected chi connectivity index (χ1v) is 17.1. The molecule has 1 saturated heterocycles. The largest absolute Gasteiger partial charge is 1.00 e. The topological polar surface area (TPSA) is 258 Å². The fraction of sp³-hybridized carbons (Fsp3) is 0.500. The average Bonchev–Trinajstić information content (AvgIpc) is 3.73. The summed E-state index contributed by atoms with van der Waals surface area (Å²) in [5, 5.41) is 22.2. The molecule has 3 N–H and O–H groups in total. The van der Waals surface area contributed by atoms with Gasteiger partial charge in [0.25, 0.3) is 0 Å².